The molecule has 182 valence electrons. The Morgan fingerprint density at radius 2 is 2.12 bits per heavy atom. The van der Waals surface area contributed by atoms with Crippen LogP contribution in [0, 0.1) is 17.8 Å². The Hall–Kier alpha value is -2.65. The highest BCUT2D eigenvalue weighted by Gasteiger charge is 2.39. The molecule has 0 aliphatic heterocycles. The second kappa shape index (κ2) is 10.3. The standard InChI is InChI=1S/C24H29ClN4O4S/c1-3-4-5-6-16(2)34(31,32)28-24(30)20-9-10-21(26-23(20)25)29-12-11-22(27-29)33-15-19-14-17-7-8-18(19)13-17/h4-6,9-12,17-19H,3,7-8,13-15H2,1-2H3,(H,28,30)/b5-4-,16-6+/t17?,18-,19?/m1/s1. The Kier molecular flexibility index (Phi) is 7.42. The maximum absolute atomic E-state index is 12.5. The van der Waals surface area contributed by atoms with Crippen LogP contribution in [0.15, 0.2) is 47.5 Å². The number of nitrogens with zero attached hydrogens (tertiary/aromatic N) is 3. The molecule has 2 bridgehead atoms. The van der Waals surface area contributed by atoms with Gasteiger partial charge in [0.15, 0.2) is 5.82 Å². The summed E-state index contributed by atoms with van der Waals surface area (Å²) in [5.74, 6) is 2.29. The van der Waals surface area contributed by atoms with Crippen molar-refractivity contribution >= 4 is 27.5 Å². The van der Waals surface area contributed by atoms with E-state index < -0.39 is 15.9 Å². The average molecular weight is 505 g/mol. The van der Waals surface area contributed by atoms with Gasteiger partial charge in [0.05, 0.1) is 17.1 Å². The fourth-order valence-corrected chi connectivity index (χ4v) is 5.70. The van der Waals surface area contributed by atoms with Gasteiger partial charge in [-0.25, -0.2) is 22.8 Å². The molecule has 2 unspecified atom stereocenters. The number of nitrogens with one attached hydrogen (secondary N) is 1. The van der Waals surface area contributed by atoms with E-state index in [0.29, 0.717) is 24.2 Å². The maximum Gasteiger partial charge on any atom is 0.268 e. The minimum absolute atomic E-state index is 0.0146. The molecule has 3 atom stereocenters. The number of fused-ring (bicyclic) bond motifs is 2. The summed E-state index contributed by atoms with van der Waals surface area (Å²) in [6, 6.07) is 4.73. The van der Waals surface area contributed by atoms with E-state index in [0.717, 1.165) is 18.3 Å². The molecule has 2 aromatic rings. The Bertz CT molecular complexity index is 1220. The third-order valence-electron chi connectivity index (χ3n) is 6.56. The molecule has 2 aliphatic rings. The van der Waals surface area contributed by atoms with Crippen LogP contribution in [0.3, 0.4) is 0 Å². The van der Waals surface area contributed by atoms with E-state index in [9.17, 15) is 13.2 Å². The number of hydrogen-bond donors (Lipinski definition) is 1. The first-order valence-corrected chi connectivity index (χ1v) is 13.4. The van der Waals surface area contributed by atoms with Crippen molar-refractivity contribution in [2.75, 3.05) is 6.61 Å². The number of ether oxygens (including phenoxy) is 1. The molecular formula is C24H29ClN4O4S. The van der Waals surface area contributed by atoms with Crippen molar-refractivity contribution in [1.82, 2.24) is 19.5 Å². The summed E-state index contributed by atoms with van der Waals surface area (Å²) in [6.07, 6.45) is 12.6. The lowest BCUT2D eigenvalue weighted by Crippen LogP contribution is -2.31. The van der Waals surface area contributed by atoms with Crippen LogP contribution in [0.5, 0.6) is 5.88 Å². The highest BCUT2D eigenvalue weighted by atomic mass is 35.5. The summed E-state index contributed by atoms with van der Waals surface area (Å²) in [7, 11) is -3.99. The molecule has 34 heavy (non-hydrogen) atoms. The van der Waals surface area contributed by atoms with Crippen LogP contribution in [0.4, 0.5) is 0 Å². The van der Waals surface area contributed by atoms with E-state index in [4.69, 9.17) is 16.3 Å². The van der Waals surface area contributed by atoms with Gasteiger partial charge in [-0.3, -0.25) is 4.79 Å². The zero-order valence-electron chi connectivity index (χ0n) is 19.3. The summed E-state index contributed by atoms with van der Waals surface area (Å²) in [4.78, 5) is 16.8. The largest absolute Gasteiger partial charge is 0.476 e. The molecule has 0 saturated heterocycles. The number of carbonyl (C=O) groups is 1. The molecule has 2 fully saturated rings. The van der Waals surface area contributed by atoms with Gasteiger partial charge < -0.3 is 4.74 Å². The molecule has 10 heteroatoms. The Balaban J connectivity index is 1.39. The summed E-state index contributed by atoms with van der Waals surface area (Å²) < 4.78 is 34.2. The van der Waals surface area contributed by atoms with Crippen LogP contribution in [-0.4, -0.2) is 35.7 Å². The SMILES string of the molecule is CC/C=C\C=C(/C)S(=O)(=O)NC(=O)c1ccc(-n2ccc(OCC3CC4CC[C@@H]3C4)n2)nc1Cl. The molecular weight excluding hydrogens is 476 g/mol. The van der Waals surface area contributed by atoms with Gasteiger partial charge in [0, 0.05) is 12.3 Å². The van der Waals surface area contributed by atoms with Crippen LogP contribution < -0.4 is 9.46 Å². The van der Waals surface area contributed by atoms with E-state index in [1.165, 1.54) is 49.4 Å². The smallest absolute Gasteiger partial charge is 0.268 e. The van der Waals surface area contributed by atoms with Crippen molar-refractivity contribution in [3.05, 3.63) is 58.2 Å². The maximum atomic E-state index is 12.5. The second-order valence-corrected chi connectivity index (χ2v) is 11.1. The number of carbonyl (C=O) groups excluding carboxylic acids is 1. The van der Waals surface area contributed by atoms with Crippen LogP contribution in [0.2, 0.25) is 5.15 Å². The van der Waals surface area contributed by atoms with Gasteiger partial charge in [0.1, 0.15) is 5.15 Å². The number of amides is 1. The normalized spacial score (nSPS) is 22.4. The van der Waals surface area contributed by atoms with Crippen LogP contribution in [0.1, 0.15) is 56.3 Å². The number of rotatable bonds is 9. The molecule has 1 amide bonds. The van der Waals surface area contributed by atoms with Gasteiger partial charge in [0.2, 0.25) is 5.88 Å². The van der Waals surface area contributed by atoms with E-state index in [-0.39, 0.29) is 15.6 Å². The average Bonchev–Trinajstić information content (AvgIpc) is 3.54. The molecule has 2 aromatic heterocycles. The second-order valence-electron chi connectivity index (χ2n) is 8.90. The fraction of sp³-hybridized carbons (Fsp3) is 0.458. The van der Waals surface area contributed by atoms with E-state index in [1.807, 2.05) is 17.7 Å². The minimum Gasteiger partial charge on any atom is -0.476 e. The predicted octanol–water partition coefficient (Wildman–Crippen LogP) is 4.67. The van der Waals surface area contributed by atoms with Gasteiger partial charge in [-0.05, 0) is 68.6 Å². The molecule has 0 spiro atoms. The molecule has 2 heterocycles. The van der Waals surface area contributed by atoms with Crippen molar-refractivity contribution < 1.29 is 17.9 Å². The van der Waals surface area contributed by atoms with Gasteiger partial charge >= 0.3 is 0 Å². The summed E-state index contributed by atoms with van der Waals surface area (Å²) in [6.45, 7) is 4.01. The van der Waals surface area contributed by atoms with Crippen LogP contribution in [-0.2, 0) is 10.0 Å². The third kappa shape index (κ3) is 5.52. The quantitative estimate of drug-likeness (QED) is 0.393. The van der Waals surface area contributed by atoms with Crippen molar-refractivity contribution in [3.63, 3.8) is 0 Å². The summed E-state index contributed by atoms with van der Waals surface area (Å²) in [5.41, 5.74) is -0.0502. The molecule has 1 N–H and O–H groups in total. The molecule has 0 aromatic carbocycles. The van der Waals surface area contributed by atoms with Crippen LogP contribution in [0.25, 0.3) is 5.82 Å². The van der Waals surface area contributed by atoms with Crippen molar-refractivity contribution in [3.8, 4) is 11.7 Å². The number of halogens is 1. The highest BCUT2D eigenvalue weighted by molar-refractivity contribution is 7.93. The van der Waals surface area contributed by atoms with Gasteiger partial charge in [0.25, 0.3) is 15.9 Å². The first-order valence-electron chi connectivity index (χ1n) is 11.5. The lowest BCUT2D eigenvalue weighted by atomic mass is 9.90. The molecule has 2 saturated carbocycles. The summed E-state index contributed by atoms with van der Waals surface area (Å²) >= 11 is 6.21. The van der Waals surface area contributed by atoms with Crippen LogP contribution >= 0.6 is 11.6 Å². The van der Waals surface area contributed by atoms with Crippen molar-refractivity contribution in [2.24, 2.45) is 17.8 Å². The molecule has 0 radical (unpaired) electrons. The number of pyridine rings is 1. The first-order chi connectivity index (χ1) is 16.3. The van der Waals surface area contributed by atoms with E-state index >= 15 is 0 Å². The molecule has 2 aliphatic carbocycles. The van der Waals surface area contributed by atoms with E-state index in [1.54, 1.807) is 24.4 Å². The number of sulfonamides is 1. The molecule has 8 nitrogen and oxygen atoms in total. The predicted molar refractivity (Wildman–Crippen MR) is 130 cm³/mol. The Labute approximate surface area is 205 Å². The lowest BCUT2D eigenvalue weighted by molar-refractivity contribution is 0.0981. The summed E-state index contributed by atoms with van der Waals surface area (Å²) in [5, 5.41) is 4.27. The highest BCUT2D eigenvalue weighted by Crippen LogP contribution is 2.48. The zero-order chi connectivity index (χ0) is 24.3. The van der Waals surface area contributed by atoms with E-state index in [2.05, 4.69) is 10.1 Å². The van der Waals surface area contributed by atoms with Gasteiger partial charge in [-0.2, -0.15) is 0 Å². The Morgan fingerprint density at radius 1 is 1.29 bits per heavy atom. The topological polar surface area (TPSA) is 103 Å². The van der Waals surface area contributed by atoms with Gasteiger partial charge in [-0.15, -0.1) is 5.10 Å². The molecule has 4 rings (SSSR count). The fourth-order valence-electron chi connectivity index (χ4n) is 4.69. The minimum atomic E-state index is -3.99. The zero-order valence-corrected chi connectivity index (χ0v) is 20.8. The number of aromatic nitrogens is 3. The van der Waals surface area contributed by atoms with Gasteiger partial charge in [-0.1, -0.05) is 37.1 Å². The lowest BCUT2D eigenvalue weighted by Gasteiger charge is -2.20. The first kappa shape index (κ1) is 24.5. The van der Waals surface area contributed by atoms with Crippen molar-refractivity contribution in [1.29, 1.82) is 0 Å². The third-order valence-corrected chi connectivity index (χ3v) is 8.29. The monoisotopic (exact) mass is 504 g/mol. The number of allylic oxidation sites excluding steroid dienone is 4. The number of hydrogen-bond acceptors (Lipinski definition) is 6. The van der Waals surface area contributed by atoms with Crippen molar-refractivity contribution in [2.45, 2.75) is 46.0 Å². The Morgan fingerprint density at radius 3 is 2.79 bits per heavy atom.